The molecule has 0 spiro atoms. The Bertz CT molecular complexity index is 189. The third-order valence-corrected chi connectivity index (χ3v) is 1.11. The SMILES string of the molecule is [CH2-]C=Cc1ccccc1.[Na+]. The molecule has 0 radical (unpaired) electrons. The van der Waals surface area contributed by atoms with E-state index in [0.717, 1.165) is 0 Å². The number of hydrogen-bond acceptors (Lipinski definition) is 0. The molecule has 0 fully saturated rings. The minimum Gasteiger partial charge on any atom is -0.245 e. The topological polar surface area (TPSA) is 0 Å². The summed E-state index contributed by atoms with van der Waals surface area (Å²) in [6, 6.07) is 10.1. The number of hydrogen-bond donors (Lipinski definition) is 0. The van der Waals surface area contributed by atoms with E-state index in [1.807, 2.05) is 36.4 Å². The van der Waals surface area contributed by atoms with Gasteiger partial charge in [0.1, 0.15) is 0 Å². The summed E-state index contributed by atoms with van der Waals surface area (Å²) in [6.07, 6.45) is 3.76. The molecular formula is C9H9Na. The third kappa shape index (κ3) is 3.11. The minimum atomic E-state index is 0. The summed E-state index contributed by atoms with van der Waals surface area (Å²) in [5.74, 6) is 0. The molecule has 0 aliphatic heterocycles. The molecule has 0 aromatic heterocycles. The number of benzene rings is 1. The average Bonchev–Trinajstić information content (AvgIpc) is 1.91. The Hall–Kier alpha value is -0.170. The van der Waals surface area contributed by atoms with Crippen LogP contribution in [0.5, 0.6) is 0 Å². The van der Waals surface area contributed by atoms with Crippen molar-refractivity contribution >= 4 is 6.08 Å². The molecule has 10 heavy (non-hydrogen) atoms. The predicted octanol–water partition coefficient (Wildman–Crippen LogP) is -0.462. The fraction of sp³-hybridized carbons (Fsp3) is 0. The number of rotatable bonds is 1. The van der Waals surface area contributed by atoms with Crippen LogP contribution in [0.15, 0.2) is 36.4 Å². The fourth-order valence-corrected chi connectivity index (χ4v) is 0.700. The molecule has 0 aliphatic carbocycles. The Morgan fingerprint density at radius 3 is 2.20 bits per heavy atom. The average molecular weight is 140 g/mol. The van der Waals surface area contributed by atoms with Crippen LogP contribution in [0.4, 0.5) is 0 Å². The maximum absolute atomic E-state index is 3.60. The van der Waals surface area contributed by atoms with Crippen molar-refractivity contribution in [3.05, 3.63) is 48.9 Å². The van der Waals surface area contributed by atoms with Crippen molar-refractivity contribution in [2.75, 3.05) is 0 Å². The van der Waals surface area contributed by atoms with E-state index in [1.54, 1.807) is 6.08 Å². The van der Waals surface area contributed by atoms with Gasteiger partial charge in [0.15, 0.2) is 0 Å². The molecule has 0 saturated carbocycles. The summed E-state index contributed by atoms with van der Waals surface area (Å²) < 4.78 is 0. The molecule has 0 aliphatic rings. The Morgan fingerprint density at radius 1 is 1.10 bits per heavy atom. The van der Waals surface area contributed by atoms with E-state index < -0.39 is 0 Å². The molecule has 0 N–H and O–H groups in total. The van der Waals surface area contributed by atoms with Gasteiger partial charge in [0.25, 0.3) is 0 Å². The molecule has 0 amide bonds. The van der Waals surface area contributed by atoms with E-state index in [0.29, 0.717) is 0 Å². The van der Waals surface area contributed by atoms with Gasteiger partial charge in [-0.2, -0.15) is 0 Å². The van der Waals surface area contributed by atoms with Crippen LogP contribution in [0.1, 0.15) is 5.56 Å². The first kappa shape index (κ1) is 9.83. The summed E-state index contributed by atoms with van der Waals surface area (Å²) in [5.41, 5.74) is 1.20. The first-order chi connectivity index (χ1) is 4.43. The van der Waals surface area contributed by atoms with Gasteiger partial charge in [-0.05, 0) is 0 Å². The van der Waals surface area contributed by atoms with Gasteiger partial charge < -0.3 is 0 Å². The van der Waals surface area contributed by atoms with Crippen LogP contribution < -0.4 is 29.6 Å². The first-order valence-corrected chi connectivity index (χ1v) is 2.94. The second-order valence-electron chi connectivity index (χ2n) is 1.81. The van der Waals surface area contributed by atoms with Gasteiger partial charge in [-0.3, -0.25) is 0 Å². The molecule has 0 nitrogen and oxygen atoms in total. The molecular weight excluding hydrogens is 131 g/mol. The Kier molecular flexibility index (Phi) is 5.51. The normalized spacial score (nSPS) is 9.20. The zero-order valence-electron chi connectivity index (χ0n) is 6.25. The Balaban J connectivity index is 0.000000810. The third-order valence-electron chi connectivity index (χ3n) is 1.11. The van der Waals surface area contributed by atoms with E-state index in [9.17, 15) is 0 Å². The predicted molar refractivity (Wildman–Crippen MR) is 40.8 cm³/mol. The minimum absolute atomic E-state index is 0. The van der Waals surface area contributed by atoms with Gasteiger partial charge in [0.05, 0.1) is 0 Å². The quantitative estimate of drug-likeness (QED) is 0.366. The molecule has 1 aromatic carbocycles. The van der Waals surface area contributed by atoms with Crippen molar-refractivity contribution in [1.82, 2.24) is 0 Å². The van der Waals surface area contributed by atoms with Crippen LogP contribution in [-0.2, 0) is 0 Å². The van der Waals surface area contributed by atoms with Gasteiger partial charge >= 0.3 is 29.6 Å². The standard InChI is InChI=1S/C9H9.Na/c1-2-6-9-7-4-3-5-8-9;/h2-8H,1H2;/q-1;+1. The van der Waals surface area contributed by atoms with Gasteiger partial charge in [-0.15, -0.1) is 5.56 Å². The molecule has 1 rings (SSSR count). The van der Waals surface area contributed by atoms with Crippen LogP contribution in [0.25, 0.3) is 6.08 Å². The summed E-state index contributed by atoms with van der Waals surface area (Å²) in [7, 11) is 0. The summed E-state index contributed by atoms with van der Waals surface area (Å²) in [6.45, 7) is 3.60. The molecule has 1 heteroatoms. The molecule has 46 valence electrons. The van der Waals surface area contributed by atoms with Crippen LogP contribution in [-0.4, -0.2) is 0 Å². The van der Waals surface area contributed by atoms with Gasteiger partial charge in [0.2, 0.25) is 0 Å². The summed E-state index contributed by atoms with van der Waals surface area (Å²) >= 11 is 0. The smallest absolute Gasteiger partial charge is 0.245 e. The molecule has 0 heterocycles. The van der Waals surface area contributed by atoms with Crippen molar-refractivity contribution in [3.8, 4) is 0 Å². The second-order valence-corrected chi connectivity index (χ2v) is 1.81. The van der Waals surface area contributed by atoms with Gasteiger partial charge in [-0.1, -0.05) is 30.3 Å². The summed E-state index contributed by atoms with van der Waals surface area (Å²) in [5, 5.41) is 0. The van der Waals surface area contributed by atoms with Gasteiger partial charge in [-0.25, -0.2) is 19.1 Å². The largest absolute Gasteiger partial charge is 1.00 e. The summed E-state index contributed by atoms with van der Waals surface area (Å²) in [4.78, 5) is 0. The van der Waals surface area contributed by atoms with E-state index >= 15 is 0 Å². The van der Waals surface area contributed by atoms with E-state index in [-0.39, 0.29) is 29.6 Å². The zero-order chi connectivity index (χ0) is 6.53. The van der Waals surface area contributed by atoms with E-state index in [2.05, 4.69) is 6.92 Å². The van der Waals surface area contributed by atoms with Crippen molar-refractivity contribution in [1.29, 1.82) is 0 Å². The maximum atomic E-state index is 3.60. The first-order valence-electron chi connectivity index (χ1n) is 2.94. The Labute approximate surface area is 84.3 Å². The van der Waals surface area contributed by atoms with E-state index in [4.69, 9.17) is 0 Å². The van der Waals surface area contributed by atoms with Crippen molar-refractivity contribution < 1.29 is 29.6 Å². The molecule has 0 saturated heterocycles. The monoisotopic (exact) mass is 140 g/mol. The van der Waals surface area contributed by atoms with Crippen molar-refractivity contribution in [2.24, 2.45) is 0 Å². The van der Waals surface area contributed by atoms with Crippen molar-refractivity contribution in [3.63, 3.8) is 0 Å². The van der Waals surface area contributed by atoms with Gasteiger partial charge in [0, 0.05) is 0 Å². The molecule has 0 bridgehead atoms. The Morgan fingerprint density at radius 2 is 1.70 bits per heavy atom. The maximum Gasteiger partial charge on any atom is 1.00 e. The second kappa shape index (κ2) is 5.60. The fourth-order valence-electron chi connectivity index (χ4n) is 0.700. The van der Waals surface area contributed by atoms with Crippen LogP contribution in [0.2, 0.25) is 0 Å². The molecule has 0 atom stereocenters. The van der Waals surface area contributed by atoms with Crippen molar-refractivity contribution in [2.45, 2.75) is 0 Å². The van der Waals surface area contributed by atoms with Crippen LogP contribution >= 0.6 is 0 Å². The number of allylic oxidation sites excluding steroid dienone is 1. The molecule has 0 unspecified atom stereocenters. The molecule has 1 aromatic rings. The van der Waals surface area contributed by atoms with Crippen LogP contribution in [0, 0.1) is 6.92 Å². The zero-order valence-corrected chi connectivity index (χ0v) is 8.25. The van der Waals surface area contributed by atoms with E-state index in [1.165, 1.54) is 5.56 Å². The van der Waals surface area contributed by atoms with Crippen LogP contribution in [0.3, 0.4) is 0 Å².